The van der Waals surface area contributed by atoms with E-state index in [2.05, 4.69) is 22.4 Å². The summed E-state index contributed by atoms with van der Waals surface area (Å²) in [6.07, 6.45) is 5.47. The van der Waals surface area contributed by atoms with Crippen LogP contribution in [0.2, 0.25) is 0 Å². The summed E-state index contributed by atoms with van der Waals surface area (Å²) in [6, 6.07) is 4.01. The van der Waals surface area contributed by atoms with Gasteiger partial charge in [0, 0.05) is 6.54 Å². The first-order valence-corrected chi connectivity index (χ1v) is 6.28. The molecule has 0 aliphatic heterocycles. The maximum Gasteiger partial charge on any atom is 0.148 e. The highest BCUT2D eigenvalue weighted by Crippen LogP contribution is 2.28. The zero-order chi connectivity index (χ0) is 11.4. The fourth-order valence-electron chi connectivity index (χ4n) is 2.28. The number of anilines is 1. The Kier molecular flexibility index (Phi) is 3.75. The molecule has 1 N–H and O–H groups in total. The van der Waals surface area contributed by atoms with E-state index in [1.54, 1.807) is 0 Å². The summed E-state index contributed by atoms with van der Waals surface area (Å²) in [5, 5.41) is 11.5. The molecule has 0 amide bonds. The Morgan fingerprint density at radius 2 is 1.94 bits per heavy atom. The van der Waals surface area contributed by atoms with Crippen LogP contribution in [0.4, 0.5) is 5.82 Å². The molecule has 0 unspecified atom stereocenters. The highest BCUT2D eigenvalue weighted by Gasteiger charge is 2.17. The van der Waals surface area contributed by atoms with Crippen molar-refractivity contribution in [3.63, 3.8) is 0 Å². The number of nitrogens with one attached hydrogen (secondary N) is 1. The third kappa shape index (κ3) is 3.19. The van der Waals surface area contributed by atoms with Crippen LogP contribution < -0.4 is 5.32 Å². The molecule has 88 valence electrons. The summed E-state index contributed by atoms with van der Waals surface area (Å²) >= 11 is 0. The molecule has 1 saturated carbocycles. The lowest BCUT2D eigenvalue weighted by molar-refractivity contribution is 0.300. The molecule has 0 atom stereocenters. The van der Waals surface area contributed by atoms with E-state index in [9.17, 15) is 0 Å². The number of nitrogens with zero attached hydrogens (tertiary/aromatic N) is 2. The van der Waals surface area contributed by atoms with Crippen molar-refractivity contribution in [3.8, 4) is 0 Å². The summed E-state index contributed by atoms with van der Waals surface area (Å²) in [7, 11) is 0. The molecule has 3 heteroatoms. The van der Waals surface area contributed by atoms with Gasteiger partial charge >= 0.3 is 0 Å². The van der Waals surface area contributed by atoms with Gasteiger partial charge in [0.25, 0.3) is 0 Å². The van der Waals surface area contributed by atoms with E-state index in [1.165, 1.54) is 25.7 Å². The van der Waals surface area contributed by atoms with E-state index >= 15 is 0 Å². The van der Waals surface area contributed by atoms with Crippen molar-refractivity contribution in [1.29, 1.82) is 0 Å². The molecule has 0 aromatic carbocycles. The first-order valence-electron chi connectivity index (χ1n) is 6.28. The third-order valence-electron chi connectivity index (χ3n) is 3.51. The van der Waals surface area contributed by atoms with Crippen LogP contribution in [0.1, 0.15) is 38.3 Å². The van der Waals surface area contributed by atoms with E-state index in [0.29, 0.717) is 0 Å². The van der Waals surface area contributed by atoms with Gasteiger partial charge in [-0.3, -0.25) is 0 Å². The van der Waals surface area contributed by atoms with Crippen molar-refractivity contribution in [1.82, 2.24) is 10.2 Å². The monoisotopic (exact) mass is 219 g/mol. The highest BCUT2D eigenvalue weighted by molar-refractivity contribution is 5.32. The number of aromatic nitrogens is 2. The van der Waals surface area contributed by atoms with Crippen LogP contribution >= 0.6 is 0 Å². The quantitative estimate of drug-likeness (QED) is 0.849. The first-order chi connectivity index (χ1) is 7.74. The van der Waals surface area contributed by atoms with E-state index < -0.39 is 0 Å². The van der Waals surface area contributed by atoms with Crippen LogP contribution in [-0.4, -0.2) is 16.7 Å². The van der Waals surface area contributed by atoms with Crippen LogP contribution in [-0.2, 0) is 0 Å². The second kappa shape index (κ2) is 5.28. The number of rotatable bonds is 3. The Morgan fingerprint density at radius 1 is 1.19 bits per heavy atom. The third-order valence-corrected chi connectivity index (χ3v) is 3.51. The minimum atomic E-state index is 0.819. The average molecular weight is 219 g/mol. The Hall–Kier alpha value is -1.12. The zero-order valence-electron chi connectivity index (χ0n) is 10.2. The molecule has 3 nitrogen and oxygen atoms in total. The summed E-state index contributed by atoms with van der Waals surface area (Å²) in [5.74, 6) is 2.65. The lowest BCUT2D eigenvalue weighted by Crippen LogP contribution is -2.20. The van der Waals surface area contributed by atoms with Gasteiger partial charge < -0.3 is 5.32 Å². The van der Waals surface area contributed by atoms with Gasteiger partial charge in [-0.05, 0) is 43.7 Å². The van der Waals surface area contributed by atoms with Crippen molar-refractivity contribution in [3.05, 3.63) is 17.8 Å². The van der Waals surface area contributed by atoms with Crippen molar-refractivity contribution in [2.45, 2.75) is 39.5 Å². The largest absolute Gasteiger partial charge is 0.368 e. The van der Waals surface area contributed by atoms with Gasteiger partial charge in [-0.15, -0.1) is 5.10 Å². The van der Waals surface area contributed by atoms with Crippen LogP contribution in [0.3, 0.4) is 0 Å². The minimum absolute atomic E-state index is 0.819. The van der Waals surface area contributed by atoms with Crippen LogP contribution in [0.5, 0.6) is 0 Å². The minimum Gasteiger partial charge on any atom is -0.368 e. The predicted octanol–water partition coefficient (Wildman–Crippen LogP) is 3.02. The molecule has 1 aliphatic rings. The summed E-state index contributed by atoms with van der Waals surface area (Å²) in [6.45, 7) is 5.36. The molecular formula is C13H21N3. The molecule has 1 aromatic heterocycles. The SMILES string of the molecule is Cc1ccc(NCC2CCC(C)CC2)nn1. The van der Waals surface area contributed by atoms with Gasteiger partial charge in [-0.1, -0.05) is 19.8 Å². The lowest BCUT2D eigenvalue weighted by atomic mass is 9.83. The van der Waals surface area contributed by atoms with E-state index in [4.69, 9.17) is 0 Å². The summed E-state index contributed by atoms with van der Waals surface area (Å²) < 4.78 is 0. The van der Waals surface area contributed by atoms with Gasteiger partial charge in [-0.2, -0.15) is 5.10 Å². The summed E-state index contributed by atoms with van der Waals surface area (Å²) in [5.41, 5.74) is 0.969. The number of hydrogen-bond acceptors (Lipinski definition) is 3. The summed E-state index contributed by atoms with van der Waals surface area (Å²) in [4.78, 5) is 0. The smallest absolute Gasteiger partial charge is 0.148 e. The van der Waals surface area contributed by atoms with Crippen molar-refractivity contribution in [2.24, 2.45) is 11.8 Å². The Balaban J connectivity index is 1.77. The fourth-order valence-corrected chi connectivity index (χ4v) is 2.28. The van der Waals surface area contributed by atoms with Gasteiger partial charge in [0.15, 0.2) is 0 Å². The zero-order valence-corrected chi connectivity index (χ0v) is 10.2. The Labute approximate surface area is 97.7 Å². The van der Waals surface area contributed by atoms with Crippen LogP contribution in [0.15, 0.2) is 12.1 Å². The van der Waals surface area contributed by atoms with Gasteiger partial charge in [-0.25, -0.2) is 0 Å². The van der Waals surface area contributed by atoms with Gasteiger partial charge in [0.05, 0.1) is 5.69 Å². The molecule has 0 bridgehead atoms. The highest BCUT2D eigenvalue weighted by atomic mass is 15.2. The molecule has 0 saturated heterocycles. The molecule has 2 rings (SSSR count). The van der Waals surface area contributed by atoms with Gasteiger partial charge in [0.1, 0.15) is 5.82 Å². The van der Waals surface area contributed by atoms with Crippen molar-refractivity contribution >= 4 is 5.82 Å². The Bertz CT molecular complexity index is 312. The fraction of sp³-hybridized carbons (Fsp3) is 0.692. The molecule has 1 aromatic rings. The normalized spacial score (nSPS) is 25.4. The first kappa shape index (κ1) is 11.4. The maximum atomic E-state index is 4.12. The van der Waals surface area contributed by atoms with Crippen molar-refractivity contribution in [2.75, 3.05) is 11.9 Å². The lowest BCUT2D eigenvalue weighted by Gasteiger charge is -2.26. The van der Waals surface area contributed by atoms with Crippen LogP contribution in [0.25, 0.3) is 0 Å². The Morgan fingerprint density at radius 3 is 2.56 bits per heavy atom. The van der Waals surface area contributed by atoms with E-state index in [0.717, 1.165) is 29.9 Å². The van der Waals surface area contributed by atoms with Crippen LogP contribution in [0, 0.1) is 18.8 Å². The second-order valence-electron chi connectivity index (χ2n) is 5.07. The van der Waals surface area contributed by atoms with Crippen molar-refractivity contribution < 1.29 is 0 Å². The molecular weight excluding hydrogens is 198 g/mol. The number of aryl methyl sites for hydroxylation is 1. The maximum absolute atomic E-state index is 4.12. The van der Waals surface area contributed by atoms with E-state index in [-0.39, 0.29) is 0 Å². The molecule has 1 heterocycles. The topological polar surface area (TPSA) is 37.8 Å². The predicted molar refractivity (Wildman–Crippen MR) is 66.4 cm³/mol. The standard InChI is InChI=1S/C13H21N3/c1-10-3-6-12(7-4-10)9-14-13-8-5-11(2)15-16-13/h5,8,10,12H,3-4,6-7,9H2,1-2H3,(H,14,16). The molecule has 0 radical (unpaired) electrons. The molecule has 0 spiro atoms. The molecule has 1 aliphatic carbocycles. The second-order valence-corrected chi connectivity index (χ2v) is 5.07. The molecule has 16 heavy (non-hydrogen) atoms. The average Bonchev–Trinajstić information content (AvgIpc) is 2.30. The van der Waals surface area contributed by atoms with E-state index in [1.807, 2.05) is 19.1 Å². The molecule has 1 fully saturated rings. The number of hydrogen-bond donors (Lipinski definition) is 1. The van der Waals surface area contributed by atoms with Gasteiger partial charge in [0.2, 0.25) is 0 Å².